The molecule has 3 nitrogen and oxygen atoms in total. The SMILES string of the molecule is NC1CCC([S+]([O-])C2CCNCC2)CC1S. The van der Waals surface area contributed by atoms with Crippen LogP contribution in [0.1, 0.15) is 32.1 Å². The summed E-state index contributed by atoms with van der Waals surface area (Å²) in [5, 5.41) is 4.30. The first-order valence-corrected chi connectivity index (χ1v) is 8.01. The van der Waals surface area contributed by atoms with Gasteiger partial charge in [-0.3, -0.25) is 0 Å². The molecule has 0 amide bonds. The molecule has 2 fully saturated rings. The number of thiol groups is 1. The van der Waals surface area contributed by atoms with Gasteiger partial charge in [0.2, 0.25) is 0 Å². The Morgan fingerprint density at radius 2 is 1.81 bits per heavy atom. The maximum atomic E-state index is 12.4. The highest BCUT2D eigenvalue weighted by Crippen LogP contribution is 2.31. The Hall–Kier alpha value is 0.580. The van der Waals surface area contributed by atoms with Gasteiger partial charge in [-0.2, -0.15) is 12.6 Å². The lowest BCUT2D eigenvalue weighted by molar-refractivity contribution is 0.431. The van der Waals surface area contributed by atoms with E-state index < -0.39 is 11.2 Å². The number of nitrogens with one attached hydrogen (secondary N) is 1. The lowest BCUT2D eigenvalue weighted by Crippen LogP contribution is -2.46. The van der Waals surface area contributed by atoms with Crippen LogP contribution in [0.2, 0.25) is 0 Å². The Bertz CT molecular complexity index is 224. The van der Waals surface area contributed by atoms with E-state index in [2.05, 4.69) is 17.9 Å². The van der Waals surface area contributed by atoms with E-state index >= 15 is 0 Å². The average Bonchev–Trinajstić information content (AvgIpc) is 2.33. The second kappa shape index (κ2) is 5.96. The van der Waals surface area contributed by atoms with Crippen LogP contribution in [0.25, 0.3) is 0 Å². The molecule has 0 bridgehead atoms. The molecule has 16 heavy (non-hydrogen) atoms. The maximum Gasteiger partial charge on any atom is 0.118 e. The van der Waals surface area contributed by atoms with Crippen molar-refractivity contribution in [2.45, 2.75) is 53.9 Å². The van der Waals surface area contributed by atoms with Crippen LogP contribution in [-0.2, 0) is 11.2 Å². The van der Waals surface area contributed by atoms with Crippen molar-refractivity contribution < 1.29 is 4.55 Å². The van der Waals surface area contributed by atoms with Crippen LogP contribution in [0.3, 0.4) is 0 Å². The lowest BCUT2D eigenvalue weighted by atomic mass is 9.95. The Labute approximate surface area is 107 Å². The summed E-state index contributed by atoms with van der Waals surface area (Å²) in [4.78, 5) is 0. The highest BCUT2D eigenvalue weighted by Gasteiger charge is 2.37. The predicted octanol–water partition coefficient (Wildman–Crippen LogP) is 0.665. The molecule has 1 saturated heterocycles. The summed E-state index contributed by atoms with van der Waals surface area (Å²) < 4.78 is 12.4. The fourth-order valence-corrected chi connectivity index (χ4v) is 5.20. The summed E-state index contributed by atoms with van der Waals surface area (Å²) in [5.41, 5.74) is 5.93. The minimum absolute atomic E-state index is 0.199. The Morgan fingerprint density at radius 3 is 2.44 bits per heavy atom. The van der Waals surface area contributed by atoms with Crippen molar-refractivity contribution in [3.8, 4) is 0 Å². The number of hydrogen-bond acceptors (Lipinski definition) is 4. The van der Waals surface area contributed by atoms with Gasteiger partial charge in [0, 0.05) is 30.6 Å². The fraction of sp³-hybridized carbons (Fsp3) is 1.00. The van der Waals surface area contributed by atoms with Gasteiger partial charge in [-0.15, -0.1) is 0 Å². The van der Waals surface area contributed by atoms with E-state index in [-0.39, 0.29) is 11.3 Å². The van der Waals surface area contributed by atoms with Gasteiger partial charge in [-0.25, -0.2) is 0 Å². The molecule has 0 aromatic heterocycles. The minimum Gasteiger partial charge on any atom is -0.616 e. The molecule has 0 aromatic carbocycles. The third-order valence-electron chi connectivity index (χ3n) is 3.76. The van der Waals surface area contributed by atoms with Gasteiger partial charge in [0.25, 0.3) is 0 Å². The van der Waals surface area contributed by atoms with Gasteiger partial charge in [-0.05, 0) is 37.1 Å². The van der Waals surface area contributed by atoms with Gasteiger partial charge in [-0.1, -0.05) is 0 Å². The molecule has 1 aliphatic heterocycles. The molecule has 4 unspecified atom stereocenters. The number of hydrogen-bond donors (Lipinski definition) is 3. The molecule has 1 aliphatic carbocycles. The Balaban J connectivity index is 1.86. The topological polar surface area (TPSA) is 61.1 Å². The van der Waals surface area contributed by atoms with Crippen LogP contribution >= 0.6 is 12.6 Å². The first-order chi connectivity index (χ1) is 7.68. The summed E-state index contributed by atoms with van der Waals surface area (Å²) in [7, 11) is 0. The summed E-state index contributed by atoms with van der Waals surface area (Å²) in [5.74, 6) is 0. The van der Waals surface area contributed by atoms with E-state index in [9.17, 15) is 4.55 Å². The smallest absolute Gasteiger partial charge is 0.118 e. The minimum atomic E-state index is -0.673. The summed E-state index contributed by atoms with van der Waals surface area (Å²) >= 11 is 3.83. The lowest BCUT2D eigenvalue weighted by Gasteiger charge is -2.36. The van der Waals surface area contributed by atoms with Gasteiger partial charge in [0.1, 0.15) is 10.5 Å². The fourth-order valence-electron chi connectivity index (χ4n) is 2.64. The van der Waals surface area contributed by atoms with E-state index in [0.717, 1.165) is 45.2 Å². The van der Waals surface area contributed by atoms with Gasteiger partial charge in [0.15, 0.2) is 0 Å². The van der Waals surface area contributed by atoms with Crippen molar-refractivity contribution in [2.75, 3.05) is 13.1 Å². The number of rotatable bonds is 2. The molecule has 0 spiro atoms. The van der Waals surface area contributed by atoms with Crippen LogP contribution in [-0.4, -0.2) is 39.4 Å². The molecule has 2 rings (SSSR count). The van der Waals surface area contributed by atoms with Crippen molar-refractivity contribution in [1.82, 2.24) is 5.32 Å². The van der Waals surface area contributed by atoms with Crippen LogP contribution in [0.5, 0.6) is 0 Å². The van der Waals surface area contributed by atoms with Crippen molar-refractivity contribution in [1.29, 1.82) is 0 Å². The van der Waals surface area contributed by atoms with E-state index in [1.165, 1.54) is 0 Å². The van der Waals surface area contributed by atoms with E-state index in [0.29, 0.717) is 10.5 Å². The number of piperidine rings is 1. The quantitative estimate of drug-likeness (QED) is 0.506. The highest BCUT2D eigenvalue weighted by atomic mass is 32.2. The molecule has 0 aromatic rings. The zero-order chi connectivity index (χ0) is 11.5. The molecule has 1 heterocycles. The van der Waals surface area contributed by atoms with Gasteiger partial charge in [0.05, 0.1) is 0 Å². The second-order valence-electron chi connectivity index (χ2n) is 4.94. The predicted molar refractivity (Wildman–Crippen MR) is 72.4 cm³/mol. The molecule has 4 atom stereocenters. The molecule has 0 radical (unpaired) electrons. The first-order valence-electron chi connectivity index (χ1n) is 6.22. The summed E-state index contributed by atoms with van der Waals surface area (Å²) in [6.07, 6.45) is 5.06. The zero-order valence-corrected chi connectivity index (χ0v) is 11.3. The molecular formula is C11H22N2OS2. The molecule has 1 saturated carbocycles. The average molecular weight is 262 g/mol. The molecular weight excluding hydrogens is 240 g/mol. The van der Waals surface area contributed by atoms with Crippen molar-refractivity contribution >= 4 is 23.8 Å². The van der Waals surface area contributed by atoms with Crippen LogP contribution in [0.4, 0.5) is 0 Å². The van der Waals surface area contributed by atoms with Crippen molar-refractivity contribution in [3.63, 3.8) is 0 Å². The Morgan fingerprint density at radius 1 is 1.12 bits per heavy atom. The van der Waals surface area contributed by atoms with E-state index in [4.69, 9.17) is 5.73 Å². The largest absolute Gasteiger partial charge is 0.616 e. The summed E-state index contributed by atoms with van der Waals surface area (Å²) in [6, 6.07) is 0.199. The standard InChI is InChI=1S/C11H22N2OS2/c12-10-2-1-9(7-11(10)15)16(14)8-3-5-13-6-4-8/h8-11,13,15H,1-7,12H2. The first kappa shape index (κ1) is 13.0. The molecule has 5 heteroatoms. The normalized spacial score (nSPS) is 39.6. The van der Waals surface area contributed by atoms with Crippen molar-refractivity contribution in [2.24, 2.45) is 5.73 Å². The third-order valence-corrected chi connectivity index (χ3v) is 6.57. The molecule has 94 valence electrons. The summed E-state index contributed by atoms with van der Waals surface area (Å²) in [6.45, 7) is 2.04. The number of nitrogens with two attached hydrogens (primary N) is 1. The van der Waals surface area contributed by atoms with Crippen LogP contribution in [0.15, 0.2) is 0 Å². The van der Waals surface area contributed by atoms with E-state index in [1.54, 1.807) is 0 Å². The van der Waals surface area contributed by atoms with Gasteiger partial charge < -0.3 is 15.6 Å². The van der Waals surface area contributed by atoms with Crippen LogP contribution in [0, 0.1) is 0 Å². The van der Waals surface area contributed by atoms with E-state index in [1.807, 2.05) is 0 Å². The zero-order valence-electron chi connectivity index (χ0n) is 9.60. The Kier molecular flexibility index (Phi) is 4.85. The van der Waals surface area contributed by atoms with Crippen LogP contribution < -0.4 is 11.1 Å². The highest BCUT2D eigenvalue weighted by molar-refractivity contribution is 7.92. The van der Waals surface area contributed by atoms with Gasteiger partial charge >= 0.3 is 0 Å². The molecule has 3 N–H and O–H groups in total. The second-order valence-corrected chi connectivity index (χ2v) is 7.60. The molecule has 2 aliphatic rings. The maximum absolute atomic E-state index is 12.4. The third kappa shape index (κ3) is 3.07. The monoisotopic (exact) mass is 262 g/mol. The van der Waals surface area contributed by atoms with Crippen molar-refractivity contribution in [3.05, 3.63) is 0 Å².